The molecule has 1 aromatic carbocycles. The summed E-state index contributed by atoms with van der Waals surface area (Å²) in [5.41, 5.74) is 2.71. The number of nitrogens with one attached hydrogen (secondary N) is 1. The van der Waals surface area contributed by atoms with E-state index in [4.69, 9.17) is 0 Å². The number of aromatic nitrogens is 4. The molecule has 1 aliphatic rings. The molecular formula is C20H22FN5O. The number of fused-ring (bicyclic) bond motifs is 1. The largest absolute Gasteiger partial charge is 0.340 e. The third-order valence-electron chi connectivity index (χ3n) is 5.05. The highest BCUT2D eigenvalue weighted by Crippen LogP contribution is 2.32. The summed E-state index contributed by atoms with van der Waals surface area (Å²) < 4.78 is 13.5. The van der Waals surface area contributed by atoms with Crippen LogP contribution in [0, 0.1) is 5.82 Å². The fourth-order valence-electron chi connectivity index (χ4n) is 3.74. The van der Waals surface area contributed by atoms with Crippen molar-refractivity contribution in [3.63, 3.8) is 0 Å². The molecule has 1 N–H and O–H groups in total. The lowest BCUT2D eigenvalue weighted by atomic mass is 9.99. The number of benzene rings is 1. The van der Waals surface area contributed by atoms with Crippen LogP contribution in [0.4, 0.5) is 4.39 Å². The van der Waals surface area contributed by atoms with Crippen molar-refractivity contribution in [1.29, 1.82) is 0 Å². The Balaban J connectivity index is 1.68. The molecular weight excluding hydrogens is 345 g/mol. The molecule has 1 aliphatic heterocycles. The monoisotopic (exact) mass is 367 g/mol. The van der Waals surface area contributed by atoms with Gasteiger partial charge in [0.2, 0.25) is 0 Å². The first-order valence-corrected chi connectivity index (χ1v) is 9.42. The van der Waals surface area contributed by atoms with E-state index in [1.54, 1.807) is 12.3 Å². The molecule has 2 aromatic heterocycles. The number of halogens is 1. The van der Waals surface area contributed by atoms with Crippen LogP contribution >= 0.6 is 0 Å². The summed E-state index contributed by atoms with van der Waals surface area (Å²) in [5.74, 6) is 0.341. The predicted molar refractivity (Wildman–Crippen MR) is 99.7 cm³/mol. The fourth-order valence-corrected chi connectivity index (χ4v) is 3.74. The molecule has 0 bridgehead atoms. The molecule has 6 nitrogen and oxygen atoms in total. The van der Waals surface area contributed by atoms with E-state index in [0.717, 1.165) is 37.8 Å². The lowest BCUT2D eigenvalue weighted by Crippen LogP contribution is -2.39. The van der Waals surface area contributed by atoms with Crippen molar-refractivity contribution in [3.8, 4) is 0 Å². The Morgan fingerprint density at radius 1 is 1.37 bits per heavy atom. The lowest BCUT2D eigenvalue weighted by molar-refractivity contribution is 0.0599. The summed E-state index contributed by atoms with van der Waals surface area (Å²) in [5, 5.41) is 0. The maximum Gasteiger partial charge on any atom is 0.257 e. The van der Waals surface area contributed by atoms with E-state index in [1.807, 2.05) is 4.90 Å². The van der Waals surface area contributed by atoms with Crippen LogP contribution in [0.2, 0.25) is 0 Å². The zero-order valence-corrected chi connectivity index (χ0v) is 15.3. The molecule has 0 saturated carbocycles. The summed E-state index contributed by atoms with van der Waals surface area (Å²) >= 11 is 0. The van der Waals surface area contributed by atoms with E-state index < -0.39 is 0 Å². The highest BCUT2D eigenvalue weighted by molar-refractivity contribution is 5.95. The van der Waals surface area contributed by atoms with Gasteiger partial charge >= 0.3 is 0 Å². The molecule has 27 heavy (non-hydrogen) atoms. The van der Waals surface area contributed by atoms with Crippen LogP contribution in [0.5, 0.6) is 0 Å². The van der Waals surface area contributed by atoms with Crippen molar-refractivity contribution >= 4 is 16.9 Å². The molecule has 0 aliphatic carbocycles. The van der Waals surface area contributed by atoms with Gasteiger partial charge in [0.25, 0.3) is 5.91 Å². The highest BCUT2D eigenvalue weighted by Gasteiger charge is 2.32. The second-order valence-corrected chi connectivity index (χ2v) is 6.93. The molecule has 0 spiro atoms. The topological polar surface area (TPSA) is 74.8 Å². The third kappa shape index (κ3) is 3.41. The number of H-pyrrole nitrogens is 1. The SMILES string of the molecule is CCCc1ncncc1C(=O)N1CCCC[C@@H]1c1nc2ccc(F)cc2[nH]1. The molecule has 140 valence electrons. The van der Waals surface area contributed by atoms with Gasteiger partial charge in [-0.2, -0.15) is 0 Å². The van der Waals surface area contributed by atoms with E-state index in [9.17, 15) is 9.18 Å². The number of piperidine rings is 1. The number of aromatic amines is 1. The Hall–Kier alpha value is -2.83. The van der Waals surface area contributed by atoms with E-state index in [2.05, 4.69) is 26.9 Å². The molecule has 0 unspecified atom stereocenters. The average Bonchev–Trinajstić information content (AvgIpc) is 3.11. The molecule has 3 aromatic rings. The minimum absolute atomic E-state index is 0.0598. The van der Waals surface area contributed by atoms with Crippen LogP contribution in [0.1, 0.15) is 60.5 Å². The maximum absolute atomic E-state index is 13.5. The van der Waals surface area contributed by atoms with Crippen LogP contribution < -0.4 is 0 Å². The van der Waals surface area contributed by atoms with Gasteiger partial charge in [-0.25, -0.2) is 19.3 Å². The van der Waals surface area contributed by atoms with Crippen molar-refractivity contribution < 1.29 is 9.18 Å². The first kappa shape index (κ1) is 17.6. The Morgan fingerprint density at radius 2 is 2.26 bits per heavy atom. The number of rotatable bonds is 4. The average molecular weight is 367 g/mol. The summed E-state index contributed by atoms with van der Waals surface area (Å²) in [6.45, 7) is 2.73. The van der Waals surface area contributed by atoms with Crippen LogP contribution in [0.3, 0.4) is 0 Å². The highest BCUT2D eigenvalue weighted by atomic mass is 19.1. The fraction of sp³-hybridized carbons (Fsp3) is 0.400. The predicted octanol–water partition coefficient (Wildman–Crippen LogP) is 3.81. The van der Waals surface area contributed by atoms with Crippen LogP contribution in [0.15, 0.2) is 30.7 Å². The number of likely N-dealkylation sites (tertiary alicyclic amines) is 1. The molecule has 7 heteroatoms. The quantitative estimate of drug-likeness (QED) is 0.761. The van der Waals surface area contributed by atoms with Gasteiger partial charge in [-0.15, -0.1) is 0 Å². The Labute approximate surface area is 156 Å². The number of amides is 1. The molecule has 0 radical (unpaired) electrons. The van der Waals surface area contributed by atoms with E-state index in [0.29, 0.717) is 29.0 Å². The van der Waals surface area contributed by atoms with Gasteiger partial charge in [-0.1, -0.05) is 13.3 Å². The van der Waals surface area contributed by atoms with Crippen molar-refractivity contribution in [2.45, 2.75) is 45.1 Å². The number of hydrogen-bond acceptors (Lipinski definition) is 4. The van der Waals surface area contributed by atoms with Gasteiger partial charge in [0.05, 0.1) is 28.3 Å². The molecule has 3 heterocycles. The van der Waals surface area contributed by atoms with Crippen molar-refractivity contribution in [2.24, 2.45) is 0 Å². The maximum atomic E-state index is 13.5. The summed E-state index contributed by atoms with van der Waals surface area (Å²) in [7, 11) is 0. The first-order chi connectivity index (χ1) is 13.2. The van der Waals surface area contributed by atoms with Gasteiger partial charge in [0.1, 0.15) is 18.0 Å². The van der Waals surface area contributed by atoms with Crippen molar-refractivity contribution in [3.05, 3.63) is 53.6 Å². The minimum Gasteiger partial charge on any atom is -0.340 e. The minimum atomic E-state index is -0.306. The van der Waals surface area contributed by atoms with E-state index >= 15 is 0 Å². The van der Waals surface area contributed by atoms with Crippen molar-refractivity contribution in [1.82, 2.24) is 24.8 Å². The number of carbonyl (C=O) groups excluding carboxylic acids is 1. The zero-order valence-electron chi connectivity index (χ0n) is 15.3. The van der Waals surface area contributed by atoms with Gasteiger partial charge in [-0.05, 0) is 43.9 Å². The van der Waals surface area contributed by atoms with Gasteiger partial charge in [0, 0.05) is 12.7 Å². The van der Waals surface area contributed by atoms with E-state index in [-0.39, 0.29) is 17.8 Å². The molecule has 1 amide bonds. The van der Waals surface area contributed by atoms with E-state index in [1.165, 1.54) is 18.5 Å². The summed E-state index contributed by atoms with van der Waals surface area (Å²) in [6, 6.07) is 4.33. The molecule has 1 atom stereocenters. The van der Waals surface area contributed by atoms with Crippen LogP contribution in [0.25, 0.3) is 11.0 Å². The van der Waals surface area contributed by atoms with Gasteiger partial charge < -0.3 is 9.88 Å². The summed E-state index contributed by atoms with van der Waals surface area (Å²) in [6.07, 6.45) is 7.55. The summed E-state index contributed by atoms with van der Waals surface area (Å²) in [4.78, 5) is 31.3. The molecule has 4 rings (SSSR count). The number of imidazole rings is 1. The third-order valence-corrected chi connectivity index (χ3v) is 5.05. The van der Waals surface area contributed by atoms with Gasteiger partial charge in [0.15, 0.2) is 0 Å². The molecule has 1 saturated heterocycles. The Kier molecular flexibility index (Phi) is 4.83. The number of hydrogen-bond donors (Lipinski definition) is 1. The number of aryl methyl sites for hydroxylation is 1. The lowest BCUT2D eigenvalue weighted by Gasteiger charge is -2.34. The van der Waals surface area contributed by atoms with Crippen LogP contribution in [-0.4, -0.2) is 37.3 Å². The standard InChI is InChI=1S/C20H22FN5O/c1-2-5-15-14(11-22-12-23-15)20(27)26-9-4-3-6-18(26)19-24-16-8-7-13(21)10-17(16)25-19/h7-8,10-12,18H,2-6,9H2,1H3,(H,24,25)/t18-/m1/s1. The number of nitrogens with zero attached hydrogens (tertiary/aromatic N) is 4. The van der Waals surface area contributed by atoms with Crippen molar-refractivity contribution in [2.75, 3.05) is 6.54 Å². The second kappa shape index (κ2) is 7.42. The van der Waals surface area contributed by atoms with Crippen LogP contribution in [-0.2, 0) is 6.42 Å². The number of carbonyl (C=O) groups is 1. The second-order valence-electron chi connectivity index (χ2n) is 6.93. The Bertz CT molecular complexity index is 970. The molecule has 1 fully saturated rings. The zero-order chi connectivity index (χ0) is 18.8. The smallest absolute Gasteiger partial charge is 0.257 e. The Morgan fingerprint density at radius 3 is 3.11 bits per heavy atom. The normalized spacial score (nSPS) is 17.4. The first-order valence-electron chi connectivity index (χ1n) is 9.42. The van der Waals surface area contributed by atoms with Gasteiger partial charge in [-0.3, -0.25) is 4.79 Å².